The van der Waals surface area contributed by atoms with Crippen LogP contribution < -0.4 is 0 Å². The number of carboxylic acids is 1. The third kappa shape index (κ3) is 2.88. The van der Waals surface area contributed by atoms with E-state index >= 15 is 0 Å². The largest absolute Gasteiger partial charge is 0.481 e. The van der Waals surface area contributed by atoms with Crippen LogP contribution in [0.4, 0.5) is 0 Å². The van der Waals surface area contributed by atoms with Gasteiger partial charge in [0.25, 0.3) is 10.1 Å². The Kier molecular flexibility index (Phi) is 3.47. The topological polar surface area (TPSA) is 72.8 Å². The molecule has 14 heavy (non-hydrogen) atoms. The highest BCUT2D eigenvalue weighted by atomic mass is 35.6. The lowest BCUT2D eigenvalue weighted by Gasteiger charge is -2.16. The molecule has 0 spiro atoms. The molecule has 0 aromatic heterocycles. The highest BCUT2D eigenvalue weighted by Gasteiger charge is 2.47. The van der Waals surface area contributed by atoms with Crippen LogP contribution in [0, 0.1) is 0 Å². The molecule has 0 saturated carbocycles. The van der Waals surface area contributed by atoms with Crippen molar-refractivity contribution >= 4 is 46.7 Å². The van der Waals surface area contributed by atoms with Crippen molar-refractivity contribution in [2.24, 2.45) is 0 Å². The van der Waals surface area contributed by atoms with Crippen LogP contribution in [0.25, 0.3) is 0 Å². The lowest BCUT2D eigenvalue weighted by Crippen LogP contribution is -2.27. The number of carbonyl (C=O) groups is 2. The molecule has 1 N–H and O–H groups in total. The fourth-order valence-corrected chi connectivity index (χ4v) is 1.14. The highest BCUT2D eigenvalue weighted by molar-refractivity contribution is 6.68. The zero-order chi connectivity index (χ0) is 10.9. The second kappa shape index (κ2) is 4.10. The van der Waals surface area contributed by atoms with Crippen molar-refractivity contribution in [3.05, 3.63) is 0 Å². The summed E-state index contributed by atoms with van der Waals surface area (Å²) in [4.78, 5) is 21.3. The number of carbonyl (C=O) groups excluding carboxylic acids is 1. The van der Waals surface area contributed by atoms with Gasteiger partial charge in [0.1, 0.15) is 0 Å². The highest BCUT2D eigenvalue weighted by Crippen LogP contribution is 2.37. The van der Waals surface area contributed by atoms with Crippen LogP contribution in [0.2, 0.25) is 0 Å². The molecule has 0 radical (unpaired) electrons. The first kappa shape index (κ1) is 11.8. The molecule has 2 atom stereocenters. The van der Waals surface area contributed by atoms with Crippen LogP contribution in [0.1, 0.15) is 6.42 Å². The Labute approximate surface area is 93.8 Å². The fourth-order valence-electron chi connectivity index (χ4n) is 0.848. The number of aliphatic carboxylic acids is 1. The Balaban J connectivity index is 2.60. The SMILES string of the molecule is O=C(O)CC1OC(C(Cl)(Cl)Cl)OC1=O. The molecule has 1 aliphatic heterocycles. The van der Waals surface area contributed by atoms with Crippen LogP contribution in [0.15, 0.2) is 0 Å². The van der Waals surface area contributed by atoms with Crippen molar-refractivity contribution in [1.29, 1.82) is 0 Å². The first-order valence-corrected chi connectivity index (χ1v) is 4.58. The lowest BCUT2D eigenvalue weighted by molar-refractivity contribution is -0.146. The van der Waals surface area contributed by atoms with Gasteiger partial charge in [-0.25, -0.2) is 4.79 Å². The molecule has 0 aromatic carbocycles. The summed E-state index contributed by atoms with van der Waals surface area (Å²) in [6.07, 6.45) is -3.09. The predicted octanol–water partition coefficient (Wildman–Crippen LogP) is 1.10. The van der Waals surface area contributed by atoms with E-state index in [-0.39, 0.29) is 0 Å². The molecule has 1 fully saturated rings. The maximum absolute atomic E-state index is 11.0. The van der Waals surface area contributed by atoms with E-state index in [1.165, 1.54) is 0 Å². The molecule has 0 aromatic rings. The summed E-state index contributed by atoms with van der Waals surface area (Å²) in [6.45, 7) is 0. The smallest absolute Gasteiger partial charge is 0.338 e. The summed E-state index contributed by atoms with van der Waals surface area (Å²) < 4.78 is 7.41. The van der Waals surface area contributed by atoms with E-state index in [0.717, 1.165) is 0 Å². The third-order valence-electron chi connectivity index (χ3n) is 1.40. The van der Waals surface area contributed by atoms with E-state index in [9.17, 15) is 9.59 Å². The van der Waals surface area contributed by atoms with Gasteiger partial charge < -0.3 is 14.6 Å². The number of carboxylic acid groups (broad SMARTS) is 1. The number of ether oxygens (including phenoxy) is 2. The Morgan fingerprint density at radius 1 is 1.50 bits per heavy atom. The standard InChI is InChI=1S/C6H5Cl3O5/c7-6(8,9)5-13-2(1-3(10)11)4(12)14-5/h2,5H,1H2,(H,10,11). The molecule has 80 valence electrons. The van der Waals surface area contributed by atoms with Crippen LogP contribution in [0.5, 0.6) is 0 Å². The number of hydrogen-bond donors (Lipinski definition) is 1. The van der Waals surface area contributed by atoms with Gasteiger partial charge >= 0.3 is 11.9 Å². The normalized spacial score (nSPS) is 27.5. The van der Waals surface area contributed by atoms with Crippen LogP contribution in [0.3, 0.4) is 0 Å². The van der Waals surface area contributed by atoms with Gasteiger partial charge in [0.05, 0.1) is 6.42 Å². The number of halogens is 3. The summed E-state index contributed by atoms with van der Waals surface area (Å²) in [5.41, 5.74) is 0. The second-order valence-corrected chi connectivity index (χ2v) is 4.90. The molecule has 1 rings (SSSR count). The van der Waals surface area contributed by atoms with Gasteiger partial charge in [0.2, 0.25) is 0 Å². The zero-order valence-corrected chi connectivity index (χ0v) is 8.84. The van der Waals surface area contributed by atoms with Crippen molar-refractivity contribution in [3.8, 4) is 0 Å². The van der Waals surface area contributed by atoms with E-state index in [4.69, 9.17) is 44.6 Å². The summed E-state index contributed by atoms with van der Waals surface area (Å²) in [6, 6.07) is 0. The van der Waals surface area contributed by atoms with E-state index in [1.54, 1.807) is 0 Å². The molecule has 2 unspecified atom stereocenters. The number of rotatable bonds is 2. The zero-order valence-electron chi connectivity index (χ0n) is 6.58. The van der Waals surface area contributed by atoms with E-state index in [0.29, 0.717) is 0 Å². The van der Waals surface area contributed by atoms with Gasteiger partial charge in [-0.05, 0) is 0 Å². The number of hydrogen-bond acceptors (Lipinski definition) is 4. The van der Waals surface area contributed by atoms with Crippen LogP contribution >= 0.6 is 34.8 Å². The minimum Gasteiger partial charge on any atom is -0.481 e. The van der Waals surface area contributed by atoms with Gasteiger partial charge in [0, 0.05) is 0 Å². The van der Waals surface area contributed by atoms with Crippen molar-refractivity contribution in [1.82, 2.24) is 0 Å². The van der Waals surface area contributed by atoms with Crippen LogP contribution in [-0.2, 0) is 19.1 Å². The summed E-state index contributed by atoms with van der Waals surface area (Å²) in [5, 5.41) is 8.39. The molecule has 1 aliphatic rings. The van der Waals surface area contributed by atoms with E-state index in [1.807, 2.05) is 0 Å². The Hall–Kier alpha value is -0.230. The minimum atomic E-state index is -1.91. The maximum atomic E-state index is 11.0. The Morgan fingerprint density at radius 3 is 2.43 bits per heavy atom. The molecule has 8 heteroatoms. The van der Waals surface area contributed by atoms with Gasteiger partial charge in [0.15, 0.2) is 6.10 Å². The summed E-state index contributed by atoms with van der Waals surface area (Å²) >= 11 is 16.2. The van der Waals surface area contributed by atoms with Crippen LogP contribution in [-0.4, -0.2) is 33.2 Å². The molecule has 1 saturated heterocycles. The quantitative estimate of drug-likeness (QED) is 0.596. The van der Waals surface area contributed by atoms with E-state index < -0.39 is 34.5 Å². The monoisotopic (exact) mass is 262 g/mol. The number of alkyl halides is 3. The summed E-state index contributed by atoms with van der Waals surface area (Å²) in [5.74, 6) is -2.04. The van der Waals surface area contributed by atoms with Gasteiger partial charge in [-0.15, -0.1) is 0 Å². The number of cyclic esters (lactones) is 1. The van der Waals surface area contributed by atoms with Gasteiger partial charge in [-0.1, -0.05) is 34.8 Å². The lowest BCUT2D eigenvalue weighted by atomic mass is 10.3. The van der Waals surface area contributed by atoms with Gasteiger partial charge in [-0.2, -0.15) is 0 Å². The predicted molar refractivity (Wildman–Crippen MR) is 47.3 cm³/mol. The fraction of sp³-hybridized carbons (Fsp3) is 0.667. The van der Waals surface area contributed by atoms with E-state index in [2.05, 4.69) is 4.74 Å². The van der Waals surface area contributed by atoms with Crippen molar-refractivity contribution < 1.29 is 24.2 Å². The Bertz CT molecular complexity index is 261. The molecule has 0 amide bonds. The minimum absolute atomic E-state index is 0.518. The first-order chi connectivity index (χ1) is 6.30. The van der Waals surface area contributed by atoms with Crippen molar-refractivity contribution in [2.75, 3.05) is 0 Å². The third-order valence-corrected chi connectivity index (χ3v) is 1.94. The van der Waals surface area contributed by atoms with Gasteiger partial charge in [-0.3, -0.25) is 4.79 Å². The molecule has 1 heterocycles. The Morgan fingerprint density at radius 2 is 2.07 bits per heavy atom. The maximum Gasteiger partial charge on any atom is 0.338 e. The second-order valence-electron chi connectivity index (χ2n) is 2.53. The van der Waals surface area contributed by atoms with Crippen molar-refractivity contribution in [2.45, 2.75) is 22.6 Å². The molecule has 0 aliphatic carbocycles. The first-order valence-electron chi connectivity index (χ1n) is 3.45. The average Bonchev–Trinajstić information content (AvgIpc) is 2.30. The van der Waals surface area contributed by atoms with Crippen molar-refractivity contribution in [3.63, 3.8) is 0 Å². The average molecular weight is 263 g/mol. The molecule has 0 bridgehead atoms. The summed E-state index contributed by atoms with van der Waals surface area (Å²) in [7, 11) is 0. The molecule has 5 nitrogen and oxygen atoms in total. The molecular formula is C6H5Cl3O5. The number of esters is 1. The molecular weight excluding hydrogens is 258 g/mol.